The van der Waals surface area contributed by atoms with Crippen molar-refractivity contribution in [1.82, 2.24) is 4.90 Å². The average molecular weight is 211 g/mol. The van der Waals surface area contributed by atoms with Crippen LogP contribution in [0.15, 0.2) is 0 Å². The molecule has 2 aliphatic heterocycles. The molecular weight excluding hydrogens is 194 g/mol. The lowest BCUT2D eigenvalue weighted by molar-refractivity contribution is -0.113. The normalized spacial score (nSPS) is 33.9. The lowest BCUT2D eigenvalue weighted by Crippen LogP contribution is -2.47. The maximum atomic E-state index is 11.7. The van der Waals surface area contributed by atoms with Crippen LogP contribution in [0.5, 0.6) is 0 Å². The summed E-state index contributed by atoms with van der Waals surface area (Å²) in [7, 11) is 0. The Labute approximate surface area is 89.6 Å². The van der Waals surface area contributed by atoms with Gasteiger partial charge in [0.25, 0.3) is 0 Å². The van der Waals surface area contributed by atoms with E-state index in [2.05, 4.69) is 0 Å². The van der Waals surface area contributed by atoms with Crippen LogP contribution in [0.1, 0.15) is 32.6 Å². The molecule has 0 saturated carbocycles. The Balaban J connectivity index is 2.04. The Morgan fingerprint density at radius 2 is 2.00 bits per heavy atom. The third-order valence-electron chi connectivity index (χ3n) is 3.44. The predicted molar refractivity (Wildman–Crippen MR) is 54.5 cm³/mol. The Bertz CT molecular complexity index is 253. The summed E-state index contributed by atoms with van der Waals surface area (Å²) in [6, 6.07) is 0.469. The van der Waals surface area contributed by atoms with E-state index < -0.39 is 0 Å². The van der Waals surface area contributed by atoms with Gasteiger partial charge in [-0.2, -0.15) is 0 Å². The Hall–Kier alpha value is -1.06. The van der Waals surface area contributed by atoms with Crippen LogP contribution in [-0.4, -0.2) is 36.0 Å². The number of hydrogen-bond acceptors (Lipinski definition) is 3. The topological polar surface area (TPSA) is 46.6 Å². The van der Waals surface area contributed by atoms with Gasteiger partial charge >= 0.3 is 6.09 Å². The maximum absolute atomic E-state index is 11.7. The van der Waals surface area contributed by atoms with Gasteiger partial charge in [0, 0.05) is 18.0 Å². The van der Waals surface area contributed by atoms with Gasteiger partial charge < -0.3 is 14.4 Å². The minimum Gasteiger partial charge on any atom is -0.450 e. The molecule has 0 aromatic rings. The smallest absolute Gasteiger partial charge is 0.410 e. The first-order valence-corrected chi connectivity index (χ1v) is 5.66. The standard InChI is InChI=1S/C11H17NO3/c1-2-15-11(14)12-9-3-4-10(12)6-8(5-9)7-13/h7-10H,2-6H2,1H3. The monoisotopic (exact) mass is 211 g/mol. The van der Waals surface area contributed by atoms with Gasteiger partial charge in [0.1, 0.15) is 6.29 Å². The Kier molecular flexibility index (Phi) is 2.93. The molecule has 84 valence electrons. The number of carbonyl (C=O) groups is 2. The largest absolute Gasteiger partial charge is 0.450 e. The van der Waals surface area contributed by atoms with Crippen molar-refractivity contribution in [2.45, 2.75) is 44.7 Å². The molecule has 0 aromatic carbocycles. The minimum absolute atomic E-state index is 0.146. The van der Waals surface area contributed by atoms with Crippen molar-refractivity contribution < 1.29 is 14.3 Å². The van der Waals surface area contributed by atoms with E-state index in [1.807, 2.05) is 11.8 Å². The van der Waals surface area contributed by atoms with Gasteiger partial charge in [0.2, 0.25) is 0 Å². The molecule has 0 aromatic heterocycles. The van der Waals surface area contributed by atoms with Crippen molar-refractivity contribution in [3.63, 3.8) is 0 Å². The maximum Gasteiger partial charge on any atom is 0.410 e. The molecule has 2 rings (SSSR count). The number of nitrogens with zero attached hydrogens (tertiary/aromatic N) is 1. The van der Waals surface area contributed by atoms with E-state index in [1.54, 1.807) is 0 Å². The highest BCUT2D eigenvalue weighted by Gasteiger charge is 2.43. The van der Waals surface area contributed by atoms with Crippen molar-refractivity contribution in [1.29, 1.82) is 0 Å². The predicted octanol–water partition coefficient (Wildman–Crippen LogP) is 1.58. The van der Waals surface area contributed by atoms with Gasteiger partial charge in [-0.1, -0.05) is 0 Å². The van der Waals surface area contributed by atoms with E-state index in [0.717, 1.165) is 32.0 Å². The second-order valence-electron chi connectivity index (χ2n) is 4.36. The van der Waals surface area contributed by atoms with Crippen LogP contribution < -0.4 is 0 Å². The molecule has 1 amide bonds. The number of fused-ring (bicyclic) bond motifs is 2. The zero-order valence-electron chi connectivity index (χ0n) is 9.02. The number of piperidine rings is 1. The Morgan fingerprint density at radius 1 is 1.40 bits per heavy atom. The number of carbonyl (C=O) groups excluding carboxylic acids is 2. The van der Waals surface area contributed by atoms with Crippen molar-refractivity contribution in [3.8, 4) is 0 Å². The van der Waals surface area contributed by atoms with Crippen LogP contribution in [0.2, 0.25) is 0 Å². The molecule has 2 aliphatic rings. The first-order valence-electron chi connectivity index (χ1n) is 5.66. The summed E-state index contributed by atoms with van der Waals surface area (Å²) in [4.78, 5) is 24.3. The van der Waals surface area contributed by atoms with Gasteiger partial charge in [0.15, 0.2) is 0 Å². The third-order valence-corrected chi connectivity index (χ3v) is 3.44. The second kappa shape index (κ2) is 4.21. The molecule has 0 N–H and O–H groups in total. The summed E-state index contributed by atoms with van der Waals surface area (Å²) >= 11 is 0. The first-order chi connectivity index (χ1) is 7.26. The summed E-state index contributed by atoms with van der Waals surface area (Å²) < 4.78 is 5.03. The second-order valence-corrected chi connectivity index (χ2v) is 4.36. The minimum atomic E-state index is -0.200. The van der Waals surface area contributed by atoms with Gasteiger partial charge in [0.05, 0.1) is 6.61 Å². The van der Waals surface area contributed by atoms with Crippen molar-refractivity contribution in [3.05, 3.63) is 0 Å². The van der Waals surface area contributed by atoms with E-state index in [0.29, 0.717) is 6.61 Å². The van der Waals surface area contributed by atoms with Crippen molar-refractivity contribution in [2.24, 2.45) is 5.92 Å². The molecule has 2 bridgehead atoms. The van der Waals surface area contributed by atoms with Crippen LogP contribution in [0.25, 0.3) is 0 Å². The molecule has 2 saturated heterocycles. The SMILES string of the molecule is CCOC(=O)N1C2CCC1CC(C=O)C2. The van der Waals surface area contributed by atoms with Crippen LogP contribution >= 0.6 is 0 Å². The fourth-order valence-electron chi connectivity index (χ4n) is 2.83. The molecule has 0 radical (unpaired) electrons. The lowest BCUT2D eigenvalue weighted by atomic mass is 9.92. The quantitative estimate of drug-likeness (QED) is 0.651. The fourth-order valence-corrected chi connectivity index (χ4v) is 2.83. The van der Waals surface area contributed by atoms with Crippen LogP contribution in [0.4, 0.5) is 4.79 Å². The van der Waals surface area contributed by atoms with E-state index in [9.17, 15) is 9.59 Å². The molecule has 2 heterocycles. The van der Waals surface area contributed by atoms with E-state index in [1.165, 1.54) is 0 Å². The highest BCUT2D eigenvalue weighted by molar-refractivity contribution is 5.69. The summed E-state index contributed by atoms with van der Waals surface area (Å²) in [6.07, 6.45) is 4.52. The Morgan fingerprint density at radius 3 is 2.47 bits per heavy atom. The third kappa shape index (κ3) is 1.85. The zero-order chi connectivity index (χ0) is 10.8. The van der Waals surface area contributed by atoms with Crippen LogP contribution in [-0.2, 0) is 9.53 Å². The summed E-state index contributed by atoms with van der Waals surface area (Å²) in [5, 5.41) is 0. The van der Waals surface area contributed by atoms with E-state index in [-0.39, 0.29) is 24.1 Å². The number of amides is 1. The average Bonchev–Trinajstić information content (AvgIpc) is 2.50. The zero-order valence-corrected chi connectivity index (χ0v) is 9.02. The summed E-state index contributed by atoms with van der Waals surface area (Å²) in [5.74, 6) is 0.146. The number of rotatable bonds is 2. The molecule has 4 nitrogen and oxygen atoms in total. The molecule has 15 heavy (non-hydrogen) atoms. The molecule has 4 heteroatoms. The van der Waals surface area contributed by atoms with Crippen molar-refractivity contribution in [2.75, 3.05) is 6.61 Å². The van der Waals surface area contributed by atoms with Gasteiger partial charge in [-0.25, -0.2) is 4.79 Å². The van der Waals surface area contributed by atoms with Crippen molar-refractivity contribution >= 4 is 12.4 Å². The highest BCUT2D eigenvalue weighted by atomic mass is 16.6. The fraction of sp³-hybridized carbons (Fsp3) is 0.818. The van der Waals surface area contributed by atoms with E-state index in [4.69, 9.17) is 4.74 Å². The highest BCUT2D eigenvalue weighted by Crippen LogP contribution is 2.38. The van der Waals surface area contributed by atoms with Crippen LogP contribution in [0.3, 0.4) is 0 Å². The summed E-state index contributed by atoms with van der Waals surface area (Å²) in [6.45, 7) is 2.24. The van der Waals surface area contributed by atoms with Gasteiger partial charge in [-0.15, -0.1) is 0 Å². The summed E-state index contributed by atoms with van der Waals surface area (Å²) in [5.41, 5.74) is 0. The van der Waals surface area contributed by atoms with Crippen LogP contribution in [0, 0.1) is 5.92 Å². The number of aldehydes is 1. The number of hydrogen-bond donors (Lipinski definition) is 0. The lowest BCUT2D eigenvalue weighted by Gasteiger charge is -2.36. The first kappa shape index (κ1) is 10.5. The molecular formula is C11H17NO3. The molecule has 2 fully saturated rings. The van der Waals surface area contributed by atoms with Gasteiger partial charge in [-0.3, -0.25) is 0 Å². The van der Waals surface area contributed by atoms with E-state index >= 15 is 0 Å². The molecule has 0 spiro atoms. The van der Waals surface area contributed by atoms with Gasteiger partial charge in [-0.05, 0) is 32.6 Å². The number of ether oxygens (including phenoxy) is 1. The molecule has 2 atom stereocenters. The molecule has 2 unspecified atom stereocenters. The molecule has 0 aliphatic carbocycles.